The molecule has 0 N–H and O–H groups in total. The third-order valence-electron chi connectivity index (χ3n) is 3.80. The summed E-state index contributed by atoms with van der Waals surface area (Å²) < 4.78 is 0. The van der Waals surface area contributed by atoms with Crippen molar-refractivity contribution in [3.63, 3.8) is 0 Å². The second-order valence-electron chi connectivity index (χ2n) is 5.19. The summed E-state index contributed by atoms with van der Waals surface area (Å²) in [5.41, 5.74) is 2.84. The van der Waals surface area contributed by atoms with Gasteiger partial charge in [-0.3, -0.25) is 4.79 Å². The van der Waals surface area contributed by atoms with Crippen LogP contribution in [0.4, 0.5) is 0 Å². The van der Waals surface area contributed by atoms with Crippen molar-refractivity contribution in [2.24, 2.45) is 0 Å². The molecule has 1 aliphatic heterocycles. The number of aryl methyl sites for hydroxylation is 1. The Morgan fingerprint density at radius 2 is 2.23 bits per heavy atom. The summed E-state index contributed by atoms with van der Waals surface area (Å²) in [5, 5.41) is 0.305. The SMILES string of the molecule is CSc1cccc2c1CN(C(=O)c1nc(C)ncc1Cl)CC2. The van der Waals surface area contributed by atoms with Gasteiger partial charge in [-0.15, -0.1) is 11.8 Å². The highest BCUT2D eigenvalue weighted by Gasteiger charge is 2.25. The minimum Gasteiger partial charge on any atom is -0.333 e. The average Bonchev–Trinajstić information content (AvgIpc) is 2.55. The molecule has 2 aromatic rings. The minimum absolute atomic E-state index is 0.128. The van der Waals surface area contributed by atoms with Crippen molar-refractivity contribution < 1.29 is 4.79 Å². The summed E-state index contributed by atoms with van der Waals surface area (Å²) in [4.78, 5) is 24.0. The smallest absolute Gasteiger partial charge is 0.274 e. The maximum atomic E-state index is 12.7. The number of thioether (sulfide) groups is 1. The van der Waals surface area contributed by atoms with Crippen LogP contribution >= 0.6 is 23.4 Å². The van der Waals surface area contributed by atoms with Gasteiger partial charge in [0.2, 0.25) is 0 Å². The molecule has 1 aliphatic rings. The first-order valence-electron chi connectivity index (χ1n) is 7.03. The molecular formula is C16H16ClN3OS. The average molecular weight is 334 g/mol. The quantitative estimate of drug-likeness (QED) is 0.791. The van der Waals surface area contributed by atoms with Crippen molar-refractivity contribution in [2.45, 2.75) is 24.8 Å². The van der Waals surface area contributed by atoms with Gasteiger partial charge in [0.1, 0.15) is 5.82 Å². The van der Waals surface area contributed by atoms with Crippen LogP contribution in [0.25, 0.3) is 0 Å². The summed E-state index contributed by atoms with van der Waals surface area (Å²) in [5.74, 6) is 0.423. The predicted octanol–water partition coefficient (Wildman–Crippen LogP) is 3.36. The van der Waals surface area contributed by atoms with Crippen LogP contribution in [0.1, 0.15) is 27.4 Å². The van der Waals surface area contributed by atoms with E-state index in [0.29, 0.717) is 29.6 Å². The molecule has 114 valence electrons. The highest BCUT2D eigenvalue weighted by molar-refractivity contribution is 7.98. The molecule has 0 fully saturated rings. The van der Waals surface area contributed by atoms with Crippen LogP contribution in [0.3, 0.4) is 0 Å². The molecule has 0 saturated carbocycles. The highest BCUT2D eigenvalue weighted by atomic mass is 35.5. The van der Waals surface area contributed by atoms with Gasteiger partial charge in [0.05, 0.1) is 11.2 Å². The van der Waals surface area contributed by atoms with Gasteiger partial charge in [-0.1, -0.05) is 23.7 Å². The molecule has 2 heterocycles. The lowest BCUT2D eigenvalue weighted by atomic mass is 9.99. The van der Waals surface area contributed by atoms with Gasteiger partial charge in [0.25, 0.3) is 5.91 Å². The zero-order chi connectivity index (χ0) is 15.7. The topological polar surface area (TPSA) is 46.1 Å². The highest BCUT2D eigenvalue weighted by Crippen LogP contribution is 2.29. The number of aromatic nitrogens is 2. The number of hydrogen-bond acceptors (Lipinski definition) is 4. The van der Waals surface area contributed by atoms with Crippen molar-refractivity contribution in [3.8, 4) is 0 Å². The van der Waals surface area contributed by atoms with Gasteiger partial charge in [-0.25, -0.2) is 9.97 Å². The van der Waals surface area contributed by atoms with E-state index in [1.807, 2.05) is 4.90 Å². The Balaban J connectivity index is 1.91. The van der Waals surface area contributed by atoms with Gasteiger partial charge in [-0.05, 0) is 36.8 Å². The molecular weight excluding hydrogens is 318 g/mol. The number of carbonyl (C=O) groups excluding carboxylic acids is 1. The van der Waals surface area contributed by atoms with E-state index in [2.05, 4.69) is 34.4 Å². The van der Waals surface area contributed by atoms with Crippen molar-refractivity contribution in [1.29, 1.82) is 0 Å². The number of amides is 1. The standard InChI is InChI=1S/C16H16ClN3OS/c1-10-18-8-13(17)15(19-10)16(21)20-7-6-11-4-3-5-14(22-2)12(11)9-20/h3-5,8H,6-7,9H2,1-2H3. The molecule has 4 nitrogen and oxygen atoms in total. The van der Waals surface area contributed by atoms with Crippen molar-refractivity contribution in [1.82, 2.24) is 14.9 Å². The molecule has 3 rings (SSSR count). The van der Waals surface area contributed by atoms with E-state index in [1.54, 1.807) is 18.7 Å². The zero-order valence-corrected chi connectivity index (χ0v) is 14.0. The summed E-state index contributed by atoms with van der Waals surface area (Å²) in [6, 6.07) is 6.31. The number of carbonyl (C=O) groups is 1. The summed E-state index contributed by atoms with van der Waals surface area (Å²) in [6.45, 7) is 3.04. The molecule has 22 heavy (non-hydrogen) atoms. The fourth-order valence-corrected chi connectivity index (χ4v) is 3.50. The zero-order valence-electron chi connectivity index (χ0n) is 12.5. The normalized spacial score (nSPS) is 13.9. The van der Waals surface area contributed by atoms with Gasteiger partial charge in [-0.2, -0.15) is 0 Å². The number of fused-ring (bicyclic) bond motifs is 1. The second-order valence-corrected chi connectivity index (χ2v) is 6.44. The Labute approximate surface area is 138 Å². The number of hydrogen-bond donors (Lipinski definition) is 0. The van der Waals surface area contributed by atoms with Gasteiger partial charge >= 0.3 is 0 Å². The Hall–Kier alpha value is -1.59. The van der Waals surface area contributed by atoms with Crippen LogP contribution in [-0.4, -0.2) is 33.6 Å². The Bertz CT molecular complexity index is 721. The molecule has 6 heteroatoms. The number of benzene rings is 1. The van der Waals surface area contributed by atoms with Crippen molar-refractivity contribution in [2.75, 3.05) is 12.8 Å². The molecule has 0 radical (unpaired) electrons. The second kappa shape index (κ2) is 6.26. The van der Waals surface area contributed by atoms with Crippen LogP contribution in [0.15, 0.2) is 29.3 Å². The third kappa shape index (κ3) is 2.83. The van der Waals surface area contributed by atoms with E-state index in [4.69, 9.17) is 11.6 Å². The molecule has 1 aromatic carbocycles. The van der Waals surface area contributed by atoms with Crippen LogP contribution in [0.5, 0.6) is 0 Å². The van der Waals surface area contributed by atoms with Crippen molar-refractivity contribution >= 4 is 29.3 Å². The summed E-state index contributed by atoms with van der Waals surface area (Å²) in [7, 11) is 0. The maximum Gasteiger partial charge on any atom is 0.274 e. The maximum absolute atomic E-state index is 12.7. The first kappa shape index (κ1) is 15.3. The van der Waals surface area contributed by atoms with Crippen LogP contribution in [0, 0.1) is 6.92 Å². The fourth-order valence-electron chi connectivity index (χ4n) is 2.67. The number of halogens is 1. The first-order chi connectivity index (χ1) is 10.6. The lowest BCUT2D eigenvalue weighted by Gasteiger charge is -2.30. The number of rotatable bonds is 2. The lowest BCUT2D eigenvalue weighted by Crippen LogP contribution is -2.37. The molecule has 1 amide bonds. The Morgan fingerprint density at radius 3 is 3.00 bits per heavy atom. The van der Waals surface area contributed by atoms with Crippen molar-refractivity contribution in [3.05, 3.63) is 52.1 Å². The van der Waals surface area contributed by atoms with E-state index in [0.717, 1.165) is 6.42 Å². The van der Waals surface area contributed by atoms with Gasteiger partial charge in [0.15, 0.2) is 5.69 Å². The van der Waals surface area contributed by atoms with Crippen LogP contribution in [0.2, 0.25) is 5.02 Å². The van der Waals surface area contributed by atoms with E-state index >= 15 is 0 Å². The van der Waals surface area contributed by atoms with Crippen LogP contribution < -0.4 is 0 Å². The summed E-state index contributed by atoms with van der Waals surface area (Å²) >= 11 is 7.80. The third-order valence-corrected chi connectivity index (χ3v) is 4.90. The van der Waals surface area contributed by atoms with Gasteiger partial charge < -0.3 is 4.90 Å². The molecule has 0 saturated heterocycles. The van der Waals surface area contributed by atoms with E-state index in [1.165, 1.54) is 22.2 Å². The molecule has 0 atom stereocenters. The molecule has 0 spiro atoms. The Kier molecular flexibility index (Phi) is 4.36. The molecule has 0 bridgehead atoms. The molecule has 1 aromatic heterocycles. The van der Waals surface area contributed by atoms with Gasteiger partial charge in [0, 0.05) is 18.0 Å². The lowest BCUT2D eigenvalue weighted by molar-refractivity contribution is 0.0727. The summed E-state index contributed by atoms with van der Waals surface area (Å²) in [6.07, 6.45) is 4.40. The van der Waals surface area contributed by atoms with Crippen LogP contribution in [-0.2, 0) is 13.0 Å². The number of nitrogens with zero attached hydrogens (tertiary/aromatic N) is 3. The minimum atomic E-state index is -0.128. The largest absolute Gasteiger partial charge is 0.333 e. The predicted molar refractivity (Wildman–Crippen MR) is 88.4 cm³/mol. The fraction of sp³-hybridized carbons (Fsp3) is 0.312. The monoisotopic (exact) mass is 333 g/mol. The van der Waals surface area contributed by atoms with E-state index in [-0.39, 0.29) is 5.91 Å². The van der Waals surface area contributed by atoms with E-state index < -0.39 is 0 Å². The first-order valence-corrected chi connectivity index (χ1v) is 8.63. The Morgan fingerprint density at radius 1 is 1.41 bits per heavy atom. The molecule has 0 aliphatic carbocycles. The molecule has 0 unspecified atom stereocenters. The van der Waals surface area contributed by atoms with E-state index in [9.17, 15) is 4.79 Å².